The quantitative estimate of drug-likeness (QED) is 0.808. The number of nitrogens with one attached hydrogen (secondary N) is 1. The van der Waals surface area contributed by atoms with Crippen molar-refractivity contribution in [3.05, 3.63) is 65.2 Å². The lowest BCUT2D eigenvalue weighted by Gasteiger charge is -2.10. The summed E-state index contributed by atoms with van der Waals surface area (Å²) in [5.41, 5.74) is 3.58. The van der Waals surface area contributed by atoms with Crippen LogP contribution in [-0.4, -0.2) is 17.0 Å². The van der Waals surface area contributed by atoms with E-state index in [4.69, 9.17) is 5.11 Å². The van der Waals surface area contributed by atoms with Crippen molar-refractivity contribution < 1.29 is 14.7 Å². The highest BCUT2D eigenvalue weighted by molar-refractivity contribution is 5.92. The fourth-order valence-electron chi connectivity index (χ4n) is 2.50. The van der Waals surface area contributed by atoms with Crippen LogP contribution in [0.15, 0.2) is 48.5 Å². The lowest BCUT2D eigenvalue weighted by Crippen LogP contribution is -2.14. The molecule has 2 rings (SSSR count). The van der Waals surface area contributed by atoms with Crippen molar-refractivity contribution >= 4 is 17.6 Å². The number of benzene rings is 2. The topological polar surface area (TPSA) is 66.4 Å². The van der Waals surface area contributed by atoms with Gasteiger partial charge in [0.25, 0.3) is 0 Å². The molecule has 2 aromatic carbocycles. The average molecular weight is 325 g/mol. The van der Waals surface area contributed by atoms with Crippen molar-refractivity contribution in [2.75, 3.05) is 5.32 Å². The van der Waals surface area contributed by atoms with Crippen LogP contribution in [0.1, 0.15) is 42.9 Å². The highest BCUT2D eigenvalue weighted by atomic mass is 16.4. The van der Waals surface area contributed by atoms with Crippen LogP contribution in [0.4, 0.5) is 5.69 Å². The van der Waals surface area contributed by atoms with Crippen LogP contribution < -0.4 is 5.32 Å². The Hall–Kier alpha value is -2.62. The number of amides is 1. The van der Waals surface area contributed by atoms with E-state index >= 15 is 0 Å². The van der Waals surface area contributed by atoms with E-state index in [-0.39, 0.29) is 12.3 Å². The maximum atomic E-state index is 12.1. The highest BCUT2D eigenvalue weighted by Crippen LogP contribution is 2.18. The Labute approximate surface area is 142 Å². The summed E-state index contributed by atoms with van der Waals surface area (Å²) in [7, 11) is 0. The minimum absolute atomic E-state index is 0.104. The van der Waals surface area contributed by atoms with Gasteiger partial charge in [-0.1, -0.05) is 56.3 Å². The maximum Gasteiger partial charge on any atom is 0.307 e. The number of hydrogen-bond acceptors (Lipinski definition) is 2. The van der Waals surface area contributed by atoms with Gasteiger partial charge in [-0.2, -0.15) is 0 Å². The number of carbonyl (C=O) groups is 2. The number of carboxylic acids is 1. The molecular formula is C20H23NO3. The monoisotopic (exact) mass is 325 g/mol. The molecule has 0 radical (unpaired) electrons. The fraction of sp³-hybridized carbons (Fsp3) is 0.300. The fourth-order valence-corrected chi connectivity index (χ4v) is 2.50. The van der Waals surface area contributed by atoms with Gasteiger partial charge in [-0.3, -0.25) is 9.59 Å². The van der Waals surface area contributed by atoms with Gasteiger partial charge in [-0.15, -0.1) is 0 Å². The standard InChI is InChI=1S/C20H23NO3/c1-14(2)16-10-7-15(8-11-16)9-12-19(22)21-18-6-4-3-5-17(18)13-20(23)24/h3-8,10-11,14H,9,12-13H2,1-2H3,(H,21,22)(H,23,24). The first-order valence-corrected chi connectivity index (χ1v) is 8.14. The molecule has 0 aromatic heterocycles. The Morgan fingerprint density at radius 2 is 1.71 bits per heavy atom. The normalized spacial score (nSPS) is 10.6. The molecule has 0 fully saturated rings. The summed E-state index contributed by atoms with van der Waals surface area (Å²) in [6.45, 7) is 4.30. The zero-order chi connectivity index (χ0) is 17.5. The Bertz CT molecular complexity index is 705. The van der Waals surface area contributed by atoms with Crippen LogP contribution in [0.25, 0.3) is 0 Å². The zero-order valence-corrected chi connectivity index (χ0v) is 14.1. The molecule has 0 atom stereocenters. The first-order chi connectivity index (χ1) is 11.5. The summed E-state index contributed by atoms with van der Waals surface area (Å²) >= 11 is 0. The van der Waals surface area contributed by atoms with Gasteiger partial charge in [-0.05, 0) is 35.1 Å². The van der Waals surface area contributed by atoms with E-state index in [1.54, 1.807) is 24.3 Å². The summed E-state index contributed by atoms with van der Waals surface area (Å²) in [6.07, 6.45) is 0.918. The van der Waals surface area contributed by atoms with Gasteiger partial charge in [0, 0.05) is 12.1 Å². The molecule has 126 valence electrons. The van der Waals surface area contributed by atoms with Crippen LogP contribution in [0.3, 0.4) is 0 Å². The van der Waals surface area contributed by atoms with Gasteiger partial charge in [0.2, 0.25) is 5.91 Å². The summed E-state index contributed by atoms with van der Waals surface area (Å²) < 4.78 is 0. The second-order valence-electron chi connectivity index (χ2n) is 6.17. The molecule has 0 spiro atoms. The molecule has 1 amide bonds. The van der Waals surface area contributed by atoms with E-state index < -0.39 is 5.97 Å². The minimum Gasteiger partial charge on any atom is -0.481 e. The van der Waals surface area contributed by atoms with Gasteiger partial charge in [0.05, 0.1) is 6.42 Å². The van der Waals surface area contributed by atoms with Crippen molar-refractivity contribution in [2.24, 2.45) is 0 Å². The van der Waals surface area contributed by atoms with Crippen molar-refractivity contribution in [3.63, 3.8) is 0 Å². The molecule has 0 bridgehead atoms. The SMILES string of the molecule is CC(C)c1ccc(CCC(=O)Nc2ccccc2CC(=O)O)cc1. The Morgan fingerprint density at radius 3 is 2.33 bits per heavy atom. The second kappa shape index (κ2) is 8.29. The lowest BCUT2D eigenvalue weighted by molar-refractivity contribution is -0.136. The molecule has 0 saturated heterocycles. The molecule has 2 N–H and O–H groups in total. The molecule has 0 unspecified atom stereocenters. The van der Waals surface area contributed by atoms with Crippen molar-refractivity contribution in [1.82, 2.24) is 0 Å². The van der Waals surface area contributed by atoms with E-state index in [9.17, 15) is 9.59 Å². The number of aryl methyl sites for hydroxylation is 1. The largest absolute Gasteiger partial charge is 0.481 e. The molecule has 4 nitrogen and oxygen atoms in total. The molecule has 0 saturated carbocycles. The van der Waals surface area contributed by atoms with E-state index in [1.165, 1.54) is 5.56 Å². The van der Waals surface area contributed by atoms with Crippen LogP contribution in [-0.2, 0) is 22.4 Å². The van der Waals surface area contributed by atoms with E-state index in [2.05, 4.69) is 43.4 Å². The summed E-state index contributed by atoms with van der Waals surface area (Å²) in [4.78, 5) is 23.0. The van der Waals surface area contributed by atoms with Crippen LogP contribution in [0.2, 0.25) is 0 Å². The average Bonchev–Trinajstić information content (AvgIpc) is 2.54. The van der Waals surface area contributed by atoms with Crippen molar-refractivity contribution in [3.8, 4) is 0 Å². The Balaban J connectivity index is 1.93. The molecule has 0 heterocycles. The lowest BCUT2D eigenvalue weighted by atomic mass is 10.0. The zero-order valence-electron chi connectivity index (χ0n) is 14.1. The minimum atomic E-state index is -0.915. The summed E-state index contributed by atoms with van der Waals surface area (Å²) in [6, 6.07) is 15.3. The smallest absolute Gasteiger partial charge is 0.307 e. The van der Waals surface area contributed by atoms with E-state index in [1.807, 2.05) is 0 Å². The number of para-hydroxylation sites is 1. The molecule has 2 aromatic rings. The third kappa shape index (κ3) is 5.23. The number of carboxylic acid groups (broad SMARTS) is 1. The number of carbonyl (C=O) groups excluding carboxylic acids is 1. The predicted molar refractivity (Wildman–Crippen MR) is 95.3 cm³/mol. The molecular weight excluding hydrogens is 302 g/mol. The van der Waals surface area contributed by atoms with E-state index in [0.29, 0.717) is 30.0 Å². The summed E-state index contributed by atoms with van der Waals surface area (Å²) in [5.74, 6) is -0.532. The van der Waals surface area contributed by atoms with Gasteiger partial charge < -0.3 is 10.4 Å². The molecule has 0 aliphatic rings. The van der Waals surface area contributed by atoms with Crippen molar-refractivity contribution in [1.29, 1.82) is 0 Å². The van der Waals surface area contributed by atoms with Crippen LogP contribution >= 0.6 is 0 Å². The third-order valence-electron chi connectivity index (χ3n) is 3.92. The van der Waals surface area contributed by atoms with Crippen molar-refractivity contribution in [2.45, 2.75) is 39.0 Å². The van der Waals surface area contributed by atoms with Gasteiger partial charge >= 0.3 is 5.97 Å². The molecule has 0 aliphatic carbocycles. The molecule has 0 aliphatic heterocycles. The predicted octanol–water partition coefficient (Wildman–Crippen LogP) is 4.01. The molecule has 4 heteroatoms. The maximum absolute atomic E-state index is 12.1. The number of rotatable bonds is 7. The van der Waals surface area contributed by atoms with Gasteiger partial charge in [-0.25, -0.2) is 0 Å². The first-order valence-electron chi connectivity index (χ1n) is 8.14. The Morgan fingerprint density at radius 1 is 1.04 bits per heavy atom. The third-order valence-corrected chi connectivity index (χ3v) is 3.92. The number of anilines is 1. The van der Waals surface area contributed by atoms with Crippen LogP contribution in [0, 0.1) is 0 Å². The molecule has 24 heavy (non-hydrogen) atoms. The first kappa shape index (κ1) is 17.7. The van der Waals surface area contributed by atoms with Gasteiger partial charge in [0.15, 0.2) is 0 Å². The second-order valence-corrected chi connectivity index (χ2v) is 6.17. The van der Waals surface area contributed by atoms with Crippen LogP contribution in [0.5, 0.6) is 0 Å². The number of aliphatic carboxylic acids is 1. The number of hydrogen-bond donors (Lipinski definition) is 2. The Kier molecular flexibility index (Phi) is 6.13. The highest BCUT2D eigenvalue weighted by Gasteiger charge is 2.09. The van der Waals surface area contributed by atoms with Gasteiger partial charge in [0.1, 0.15) is 0 Å². The van der Waals surface area contributed by atoms with E-state index in [0.717, 1.165) is 5.56 Å². The summed E-state index contributed by atoms with van der Waals surface area (Å²) in [5, 5.41) is 11.7.